The first kappa shape index (κ1) is 26.3. The number of nitrogens with zero attached hydrogens (tertiary/aromatic N) is 1. The topological polar surface area (TPSA) is 145 Å². The van der Waals surface area contributed by atoms with Gasteiger partial charge in [0, 0.05) is 18.6 Å². The molecule has 10 heteroatoms. The van der Waals surface area contributed by atoms with Crippen LogP contribution in [0, 0.1) is 10.1 Å². The Balaban J connectivity index is 2.59. The van der Waals surface area contributed by atoms with Gasteiger partial charge in [-0.3, -0.25) is 14.9 Å². The second kappa shape index (κ2) is 15.1. The van der Waals surface area contributed by atoms with E-state index in [1.165, 1.54) is 24.3 Å². The van der Waals surface area contributed by atoms with Crippen molar-refractivity contribution in [3.05, 3.63) is 34.4 Å². The fraction of sp³-hybridized carbons (Fsp3) is 0.619. The molecule has 0 saturated heterocycles. The van der Waals surface area contributed by atoms with Gasteiger partial charge in [0.2, 0.25) is 0 Å². The third-order valence-electron chi connectivity index (χ3n) is 4.52. The molecule has 0 fully saturated rings. The number of carbonyl (C=O) groups is 2. The Morgan fingerprint density at radius 2 is 1.61 bits per heavy atom. The van der Waals surface area contributed by atoms with E-state index in [9.17, 15) is 19.7 Å². The number of carbonyl (C=O) groups excluding carboxylic acids is 2. The minimum Gasteiger partial charge on any atom is -0.457 e. The highest BCUT2D eigenvalue weighted by Gasteiger charge is 2.20. The summed E-state index contributed by atoms with van der Waals surface area (Å²) in [5.41, 5.74) is -0.131. The van der Waals surface area contributed by atoms with E-state index in [0.29, 0.717) is 6.42 Å². The normalized spacial score (nSPS) is 11.7. The first-order valence-electron chi connectivity index (χ1n) is 10.4. The third-order valence-corrected chi connectivity index (χ3v) is 4.52. The highest BCUT2D eigenvalue weighted by atomic mass is 16.7. The van der Waals surface area contributed by atoms with Gasteiger partial charge in [-0.1, -0.05) is 32.6 Å². The highest BCUT2D eigenvalue weighted by Crippen LogP contribution is 2.19. The molecule has 1 aromatic carbocycles. The van der Waals surface area contributed by atoms with Crippen LogP contribution in [0.25, 0.3) is 0 Å². The van der Waals surface area contributed by atoms with Crippen LogP contribution in [-0.2, 0) is 14.3 Å². The van der Waals surface area contributed by atoms with Crippen molar-refractivity contribution in [2.24, 2.45) is 0 Å². The number of ether oxygens (including phenoxy) is 3. The number of unbranched alkanes of at least 4 members (excludes halogenated alkanes) is 4. The predicted octanol–water partition coefficient (Wildman–Crippen LogP) is 3.52. The lowest BCUT2D eigenvalue weighted by Gasteiger charge is -2.18. The fourth-order valence-electron chi connectivity index (χ4n) is 2.79. The number of benzene rings is 1. The maximum atomic E-state index is 12.1. The van der Waals surface area contributed by atoms with Crippen LogP contribution in [0.15, 0.2) is 24.3 Å². The Hall–Kier alpha value is -2.72. The lowest BCUT2D eigenvalue weighted by Crippen LogP contribution is -2.27. The van der Waals surface area contributed by atoms with E-state index >= 15 is 0 Å². The summed E-state index contributed by atoms with van der Waals surface area (Å²) in [6.07, 6.45) is 3.20. The van der Waals surface area contributed by atoms with E-state index in [-0.39, 0.29) is 24.3 Å². The molecule has 1 atom stereocenters. The summed E-state index contributed by atoms with van der Waals surface area (Å²) in [6, 6.07) is 5.01. The first-order valence-corrected chi connectivity index (χ1v) is 10.4. The van der Waals surface area contributed by atoms with E-state index in [0.717, 1.165) is 32.1 Å². The molecular formula is C21H31NO9. The Morgan fingerprint density at radius 1 is 0.968 bits per heavy atom. The van der Waals surface area contributed by atoms with Gasteiger partial charge >= 0.3 is 12.1 Å². The lowest BCUT2D eigenvalue weighted by molar-refractivity contribution is -0.384. The summed E-state index contributed by atoms with van der Waals surface area (Å²) >= 11 is 0. The summed E-state index contributed by atoms with van der Waals surface area (Å²) in [6.45, 7) is 1.14. The SMILES string of the molecule is CCCCCCCC(CCC(=O)OC(CO)CO)OC(=O)Oc1ccc([N+](=O)[O-])cc1. The van der Waals surface area contributed by atoms with Crippen LogP contribution in [-0.4, -0.2) is 52.7 Å². The number of nitro groups is 1. The van der Waals surface area contributed by atoms with Crippen molar-refractivity contribution in [3.63, 3.8) is 0 Å². The number of hydrogen-bond acceptors (Lipinski definition) is 9. The van der Waals surface area contributed by atoms with E-state index in [1.807, 2.05) is 0 Å². The number of hydrogen-bond donors (Lipinski definition) is 2. The number of esters is 1. The molecule has 31 heavy (non-hydrogen) atoms. The highest BCUT2D eigenvalue weighted by molar-refractivity contribution is 5.69. The standard InChI is InChI=1S/C21H31NO9/c1-2-3-4-5-6-7-17(12-13-20(25)29-19(14-23)15-24)30-21(26)31-18-10-8-16(9-11-18)22(27)28/h8-11,17,19,23-24H,2-7,12-15H2,1H3. The Labute approximate surface area is 181 Å². The van der Waals surface area contributed by atoms with Gasteiger partial charge in [0.05, 0.1) is 18.1 Å². The van der Waals surface area contributed by atoms with E-state index < -0.39 is 42.5 Å². The smallest absolute Gasteiger partial charge is 0.457 e. The molecule has 0 heterocycles. The monoisotopic (exact) mass is 441 g/mol. The molecule has 0 aliphatic carbocycles. The minimum atomic E-state index is -0.979. The van der Waals surface area contributed by atoms with Crippen LogP contribution in [0.2, 0.25) is 0 Å². The predicted molar refractivity (Wildman–Crippen MR) is 111 cm³/mol. The molecular weight excluding hydrogens is 410 g/mol. The van der Waals surface area contributed by atoms with Crippen molar-refractivity contribution in [2.75, 3.05) is 13.2 Å². The van der Waals surface area contributed by atoms with E-state index in [4.69, 9.17) is 24.4 Å². The first-order chi connectivity index (χ1) is 14.9. The van der Waals surface area contributed by atoms with Gasteiger partial charge in [0.25, 0.3) is 5.69 Å². The molecule has 0 bridgehead atoms. The summed E-state index contributed by atoms with van der Waals surface area (Å²) < 4.78 is 15.3. The van der Waals surface area contributed by atoms with Crippen molar-refractivity contribution >= 4 is 17.8 Å². The lowest BCUT2D eigenvalue weighted by atomic mass is 10.0. The zero-order chi connectivity index (χ0) is 23.1. The maximum absolute atomic E-state index is 12.1. The van der Waals surface area contributed by atoms with Crippen LogP contribution in [0.5, 0.6) is 5.75 Å². The van der Waals surface area contributed by atoms with Crippen LogP contribution in [0.4, 0.5) is 10.5 Å². The zero-order valence-corrected chi connectivity index (χ0v) is 17.7. The quantitative estimate of drug-likeness (QED) is 0.137. The summed E-state index contributed by atoms with van der Waals surface area (Å²) in [4.78, 5) is 34.1. The molecule has 0 spiro atoms. The van der Waals surface area contributed by atoms with Gasteiger partial charge in [0.15, 0.2) is 0 Å². The van der Waals surface area contributed by atoms with Crippen molar-refractivity contribution in [2.45, 2.75) is 70.5 Å². The number of rotatable bonds is 15. The third kappa shape index (κ3) is 11.3. The largest absolute Gasteiger partial charge is 0.514 e. The molecule has 1 rings (SSSR count). The Morgan fingerprint density at radius 3 is 2.19 bits per heavy atom. The molecule has 10 nitrogen and oxygen atoms in total. The van der Waals surface area contributed by atoms with Crippen LogP contribution in [0.1, 0.15) is 58.3 Å². The second-order valence-corrected chi connectivity index (χ2v) is 7.06. The van der Waals surface area contributed by atoms with Crippen molar-refractivity contribution in [1.82, 2.24) is 0 Å². The molecule has 1 unspecified atom stereocenters. The van der Waals surface area contributed by atoms with Gasteiger partial charge in [-0.25, -0.2) is 4.79 Å². The zero-order valence-electron chi connectivity index (χ0n) is 17.7. The molecule has 174 valence electrons. The van der Waals surface area contributed by atoms with Crippen LogP contribution in [0.3, 0.4) is 0 Å². The van der Waals surface area contributed by atoms with Gasteiger partial charge < -0.3 is 24.4 Å². The number of nitro benzene ring substituents is 1. The van der Waals surface area contributed by atoms with Gasteiger partial charge in [0.1, 0.15) is 18.0 Å². The summed E-state index contributed by atoms with van der Waals surface area (Å²) in [7, 11) is 0. The number of aliphatic hydroxyl groups excluding tert-OH is 2. The van der Waals surface area contributed by atoms with Crippen molar-refractivity contribution in [1.29, 1.82) is 0 Å². The molecule has 0 aliphatic heterocycles. The van der Waals surface area contributed by atoms with Crippen LogP contribution >= 0.6 is 0 Å². The molecule has 0 aliphatic rings. The molecule has 2 N–H and O–H groups in total. The Kier molecular flexibility index (Phi) is 12.8. The number of non-ortho nitro benzene ring substituents is 1. The fourth-order valence-corrected chi connectivity index (χ4v) is 2.79. The van der Waals surface area contributed by atoms with Crippen molar-refractivity contribution in [3.8, 4) is 5.75 Å². The number of aliphatic hydroxyl groups is 2. The van der Waals surface area contributed by atoms with Gasteiger partial charge in [-0.05, 0) is 31.4 Å². The van der Waals surface area contributed by atoms with E-state index in [1.54, 1.807) is 0 Å². The van der Waals surface area contributed by atoms with Crippen molar-refractivity contribution < 1.29 is 38.9 Å². The average Bonchev–Trinajstić information content (AvgIpc) is 2.75. The molecule has 0 amide bonds. The van der Waals surface area contributed by atoms with Crippen LogP contribution < -0.4 is 4.74 Å². The molecule has 1 aromatic rings. The maximum Gasteiger partial charge on any atom is 0.514 e. The Bertz CT molecular complexity index is 674. The second-order valence-electron chi connectivity index (χ2n) is 7.06. The minimum absolute atomic E-state index is 0.0546. The van der Waals surface area contributed by atoms with Gasteiger partial charge in [-0.2, -0.15) is 0 Å². The van der Waals surface area contributed by atoms with Gasteiger partial charge in [-0.15, -0.1) is 0 Å². The van der Waals surface area contributed by atoms with E-state index in [2.05, 4.69) is 6.92 Å². The summed E-state index contributed by atoms with van der Waals surface area (Å²) in [5, 5.41) is 28.7. The average molecular weight is 441 g/mol. The summed E-state index contributed by atoms with van der Waals surface area (Å²) in [5.74, 6) is -0.512. The molecule has 0 radical (unpaired) electrons. The molecule has 0 saturated carbocycles. The molecule has 0 aromatic heterocycles.